The summed E-state index contributed by atoms with van der Waals surface area (Å²) in [4.78, 5) is 17.5. The summed E-state index contributed by atoms with van der Waals surface area (Å²) in [5.41, 5.74) is 3.02. The van der Waals surface area contributed by atoms with Crippen LogP contribution in [0, 0.1) is 0 Å². The van der Waals surface area contributed by atoms with Gasteiger partial charge in [0, 0.05) is 18.4 Å². The molecule has 3 rings (SSSR count). The fourth-order valence-corrected chi connectivity index (χ4v) is 2.68. The van der Waals surface area contributed by atoms with E-state index in [0.717, 1.165) is 23.3 Å². The lowest BCUT2D eigenvalue weighted by atomic mass is 9.95. The number of rotatable bonds is 3. The summed E-state index contributed by atoms with van der Waals surface area (Å²) in [5, 5.41) is 1.62. The number of ketones is 1. The van der Waals surface area contributed by atoms with E-state index in [1.807, 2.05) is 13.0 Å². The molecule has 100 valence electrons. The summed E-state index contributed by atoms with van der Waals surface area (Å²) in [6.45, 7) is 10.6. The van der Waals surface area contributed by atoms with Crippen molar-refractivity contribution >= 4 is 5.78 Å². The van der Waals surface area contributed by atoms with E-state index in [9.17, 15) is 4.79 Å². The molecular weight excluding hydrogens is 242 g/mol. The van der Waals surface area contributed by atoms with Crippen LogP contribution in [0.25, 0.3) is 0 Å². The quantitative estimate of drug-likeness (QED) is 0.781. The van der Waals surface area contributed by atoms with E-state index in [2.05, 4.69) is 13.2 Å². The highest BCUT2D eigenvalue weighted by Crippen LogP contribution is 2.45. The van der Waals surface area contributed by atoms with Crippen molar-refractivity contribution in [2.24, 2.45) is 0 Å². The number of carbonyl (C=O) groups excluding carboxylic acids is 1. The molecule has 1 atom stereocenters. The highest BCUT2D eigenvalue weighted by Gasteiger charge is 2.43. The minimum Gasteiger partial charge on any atom is -0.483 e. The van der Waals surface area contributed by atoms with Crippen molar-refractivity contribution in [3.63, 3.8) is 0 Å². The largest absolute Gasteiger partial charge is 0.483 e. The molecule has 0 saturated heterocycles. The van der Waals surface area contributed by atoms with E-state index in [0.29, 0.717) is 30.8 Å². The number of carbonyl (C=O) groups is 1. The predicted molar refractivity (Wildman–Crippen MR) is 70.6 cm³/mol. The normalized spacial score (nSPS) is 25.5. The molecule has 2 aliphatic heterocycles. The molecule has 3 aliphatic rings. The van der Waals surface area contributed by atoms with Crippen LogP contribution in [-0.2, 0) is 14.4 Å². The third-order valence-electron chi connectivity index (χ3n) is 3.54. The summed E-state index contributed by atoms with van der Waals surface area (Å²) < 4.78 is 5.86. The molecule has 0 saturated carbocycles. The van der Waals surface area contributed by atoms with E-state index < -0.39 is 0 Å². The number of fused-ring (bicyclic) bond motifs is 2. The molecule has 2 heterocycles. The van der Waals surface area contributed by atoms with Gasteiger partial charge < -0.3 is 4.74 Å². The minimum absolute atomic E-state index is 0.160. The molecule has 19 heavy (non-hydrogen) atoms. The summed E-state index contributed by atoms with van der Waals surface area (Å²) in [6, 6.07) is 0. The lowest BCUT2D eigenvalue weighted by Gasteiger charge is -2.33. The molecule has 0 bridgehead atoms. The Morgan fingerprint density at radius 1 is 1.47 bits per heavy atom. The van der Waals surface area contributed by atoms with Crippen LogP contribution in [-0.4, -0.2) is 23.6 Å². The summed E-state index contributed by atoms with van der Waals surface area (Å²) in [7, 11) is 0. The number of hydroxylamine groups is 2. The first kappa shape index (κ1) is 12.2. The van der Waals surface area contributed by atoms with Gasteiger partial charge in [0.25, 0.3) is 0 Å². The van der Waals surface area contributed by atoms with Crippen molar-refractivity contribution in [3.05, 3.63) is 47.5 Å². The first-order chi connectivity index (χ1) is 9.13. The molecule has 4 nitrogen and oxygen atoms in total. The Kier molecular flexibility index (Phi) is 2.82. The molecule has 0 aromatic carbocycles. The van der Waals surface area contributed by atoms with Gasteiger partial charge in [0.15, 0.2) is 11.9 Å². The first-order valence-corrected chi connectivity index (χ1v) is 6.59. The van der Waals surface area contributed by atoms with Crippen molar-refractivity contribution in [1.82, 2.24) is 5.06 Å². The molecule has 0 N–H and O–H groups in total. The van der Waals surface area contributed by atoms with Gasteiger partial charge in [0.05, 0.1) is 23.6 Å². The average molecular weight is 259 g/mol. The third-order valence-corrected chi connectivity index (χ3v) is 3.54. The van der Waals surface area contributed by atoms with Gasteiger partial charge >= 0.3 is 0 Å². The monoisotopic (exact) mass is 259 g/mol. The van der Waals surface area contributed by atoms with Gasteiger partial charge in [0.2, 0.25) is 0 Å². The van der Waals surface area contributed by atoms with Crippen molar-refractivity contribution < 1.29 is 14.4 Å². The maximum atomic E-state index is 11.9. The standard InChI is InChI=1S/C15H17NO3/c1-4-7-18-16-9(2)8-11-14-12(17)5-6-13(14)19-15(11)10(16)3/h8,15H,2-7H2,1H3. The van der Waals surface area contributed by atoms with E-state index in [1.165, 1.54) is 0 Å². The van der Waals surface area contributed by atoms with Crippen LogP contribution in [0.15, 0.2) is 47.5 Å². The lowest BCUT2D eigenvalue weighted by Crippen LogP contribution is -2.34. The fourth-order valence-electron chi connectivity index (χ4n) is 2.68. The van der Waals surface area contributed by atoms with Crippen LogP contribution in [0.3, 0.4) is 0 Å². The second-order valence-electron chi connectivity index (χ2n) is 4.93. The van der Waals surface area contributed by atoms with Crippen LogP contribution in [0.4, 0.5) is 0 Å². The van der Waals surface area contributed by atoms with Crippen LogP contribution in [0.5, 0.6) is 0 Å². The minimum atomic E-state index is -0.295. The predicted octanol–water partition coefficient (Wildman–Crippen LogP) is 2.61. The number of ether oxygens (including phenoxy) is 1. The zero-order valence-corrected chi connectivity index (χ0v) is 11.1. The molecule has 0 radical (unpaired) electrons. The molecule has 1 unspecified atom stereocenters. The van der Waals surface area contributed by atoms with Gasteiger partial charge in [-0.05, 0) is 12.5 Å². The first-order valence-electron chi connectivity index (χ1n) is 6.59. The fraction of sp³-hybridized carbons (Fsp3) is 0.400. The van der Waals surface area contributed by atoms with E-state index in [4.69, 9.17) is 9.57 Å². The van der Waals surface area contributed by atoms with E-state index in [-0.39, 0.29) is 11.9 Å². The van der Waals surface area contributed by atoms with E-state index in [1.54, 1.807) is 5.06 Å². The summed E-state index contributed by atoms with van der Waals surface area (Å²) in [6.07, 6.45) is 3.73. The van der Waals surface area contributed by atoms with Crippen molar-refractivity contribution in [2.75, 3.05) is 6.61 Å². The van der Waals surface area contributed by atoms with Crippen molar-refractivity contribution in [3.8, 4) is 0 Å². The van der Waals surface area contributed by atoms with Gasteiger partial charge in [-0.1, -0.05) is 20.1 Å². The Balaban J connectivity index is 1.91. The van der Waals surface area contributed by atoms with Crippen LogP contribution >= 0.6 is 0 Å². The second kappa shape index (κ2) is 4.38. The number of Topliss-reactive ketones (excluding diaryl/α,β-unsaturated/α-hetero) is 1. The van der Waals surface area contributed by atoms with Crippen LogP contribution < -0.4 is 0 Å². The van der Waals surface area contributed by atoms with Gasteiger partial charge in [-0.25, -0.2) is 5.06 Å². The maximum Gasteiger partial charge on any atom is 0.167 e. The Hall–Kier alpha value is -1.81. The molecule has 0 aromatic heterocycles. The van der Waals surface area contributed by atoms with Gasteiger partial charge in [-0.15, -0.1) is 0 Å². The Morgan fingerprint density at radius 3 is 3.00 bits per heavy atom. The summed E-state index contributed by atoms with van der Waals surface area (Å²) in [5.74, 6) is 0.958. The highest BCUT2D eigenvalue weighted by molar-refractivity contribution is 6.03. The Labute approximate surface area is 112 Å². The Bertz CT molecular complexity index is 542. The van der Waals surface area contributed by atoms with Gasteiger partial charge in [0.1, 0.15) is 5.76 Å². The molecule has 4 heteroatoms. The summed E-state index contributed by atoms with van der Waals surface area (Å²) >= 11 is 0. The lowest BCUT2D eigenvalue weighted by molar-refractivity contribution is -0.116. The number of allylic oxidation sites excluding steroid dienone is 2. The molecule has 0 fully saturated rings. The van der Waals surface area contributed by atoms with E-state index >= 15 is 0 Å². The van der Waals surface area contributed by atoms with Gasteiger partial charge in [-0.3, -0.25) is 9.63 Å². The SMILES string of the molecule is C=C1C=C2C3=C(CCC3=O)OC2C(=C)N1OCCC. The van der Waals surface area contributed by atoms with Crippen LogP contribution in [0.1, 0.15) is 26.2 Å². The topological polar surface area (TPSA) is 38.8 Å². The zero-order chi connectivity index (χ0) is 13.6. The highest BCUT2D eigenvalue weighted by atomic mass is 16.7. The average Bonchev–Trinajstić information content (AvgIpc) is 2.91. The van der Waals surface area contributed by atoms with Crippen molar-refractivity contribution in [2.45, 2.75) is 32.3 Å². The van der Waals surface area contributed by atoms with Crippen LogP contribution in [0.2, 0.25) is 0 Å². The number of hydrogen-bond acceptors (Lipinski definition) is 4. The van der Waals surface area contributed by atoms with Crippen molar-refractivity contribution in [1.29, 1.82) is 0 Å². The Morgan fingerprint density at radius 2 is 2.26 bits per heavy atom. The molecule has 0 amide bonds. The smallest absolute Gasteiger partial charge is 0.167 e. The molecule has 0 spiro atoms. The van der Waals surface area contributed by atoms with Gasteiger partial charge in [-0.2, -0.15) is 0 Å². The molecule has 1 aliphatic carbocycles. The third kappa shape index (κ3) is 1.75. The second-order valence-corrected chi connectivity index (χ2v) is 4.93. The number of hydrogen-bond donors (Lipinski definition) is 0. The molecular formula is C15H17NO3. The molecule has 0 aromatic rings. The number of nitrogens with zero attached hydrogens (tertiary/aromatic N) is 1. The zero-order valence-electron chi connectivity index (χ0n) is 11.1. The maximum absolute atomic E-state index is 11.9.